The summed E-state index contributed by atoms with van der Waals surface area (Å²) in [6.45, 7) is 7.05. The lowest BCUT2D eigenvalue weighted by atomic mass is 9.97. The van der Waals surface area contributed by atoms with Gasteiger partial charge in [0.05, 0.1) is 20.8 Å². The van der Waals surface area contributed by atoms with Gasteiger partial charge in [-0.25, -0.2) is 0 Å². The van der Waals surface area contributed by atoms with Crippen molar-refractivity contribution in [3.8, 4) is 11.5 Å². The second-order valence-corrected chi connectivity index (χ2v) is 6.72. The van der Waals surface area contributed by atoms with Gasteiger partial charge >= 0.3 is 0 Å². The van der Waals surface area contributed by atoms with Crippen molar-refractivity contribution in [1.29, 1.82) is 0 Å². The van der Waals surface area contributed by atoms with E-state index in [0.29, 0.717) is 30.8 Å². The Morgan fingerprint density at radius 2 is 1.85 bits per heavy atom. The van der Waals surface area contributed by atoms with Crippen LogP contribution in [0, 0.1) is 0 Å². The van der Waals surface area contributed by atoms with E-state index in [2.05, 4.69) is 25.8 Å². The molecule has 0 radical (unpaired) electrons. The maximum Gasteiger partial charge on any atom is 0.232 e. The molecule has 2 rings (SSSR count). The van der Waals surface area contributed by atoms with Crippen LogP contribution in [0.1, 0.15) is 38.0 Å². The molecule has 1 aromatic heterocycles. The zero-order valence-electron chi connectivity index (χ0n) is 16.6. The Labute approximate surface area is 177 Å². The number of nitrogens with zero attached hydrogens (tertiary/aromatic N) is 3. The molecule has 0 aliphatic carbocycles. The van der Waals surface area contributed by atoms with Gasteiger partial charge in [0.2, 0.25) is 5.89 Å². The Hall–Kier alpha value is -2.04. The Balaban J connectivity index is 0.00000364. The number of ether oxygens (including phenoxy) is 2. The summed E-state index contributed by atoms with van der Waals surface area (Å²) < 4.78 is 15.9. The minimum Gasteiger partial charge on any atom is -0.497 e. The first-order valence-corrected chi connectivity index (χ1v) is 8.36. The van der Waals surface area contributed by atoms with Crippen LogP contribution in [0.4, 0.5) is 0 Å². The maximum atomic E-state index is 5.40. The summed E-state index contributed by atoms with van der Waals surface area (Å²) in [6, 6.07) is 5.69. The largest absolute Gasteiger partial charge is 0.497 e. The third-order valence-electron chi connectivity index (χ3n) is 3.69. The molecule has 2 aromatic rings. The van der Waals surface area contributed by atoms with Crippen LogP contribution >= 0.6 is 24.0 Å². The quantitative estimate of drug-likeness (QED) is 0.366. The first-order valence-electron chi connectivity index (χ1n) is 8.36. The van der Waals surface area contributed by atoms with Gasteiger partial charge in [-0.3, -0.25) is 4.99 Å². The smallest absolute Gasteiger partial charge is 0.232 e. The van der Waals surface area contributed by atoms with Gasteiger partial charge in [0, 0.05) is 30.6 Å². The third-order valence-corrected chi connectivity index (χ3v) is 3.69. The lowest BCUT2D eigenvalue weighted by Crippen LogP contribution is -2.36. The fourth-order valence-corrected chi connectivity index (χ4v) is 2.19. The highest BCUT2D eigenvalue weighted by Crippen LogP contribution is 2.24. The van der Waals surface area contributed by atoms with Gasteiger partial charge in [0.1, 0.15) is 11.5 Å². The monoisotopic (exact) mass is 489 g/mol. The Bertz CT molecular complexity index is 756. The number of aliphatic imine (C=N–C) groups is 1. The van der Waals surface area contributed by atoms with Crippen molar-refractivity contribution in [2.75, 3.05) is 21.3 Å². The van der Waals surface area contributed by atoms with Gasteiger partial charge in [-0.15, -0.1) is 24.0 Å². The van der Waals surface area contributed by atoms with Gasteiger partial charge in [-0.1, -0.05) is 25.9 Å². The number of halogens is 1. The summed E-state index contributed by atoms with van der Waals surface area (Å²) in [4.78, 5) is 8.60. The van der Waals surface area contributed by atoms with Gasteiger partial charge in [-0.2, -0.15) is 4.98 Å². The summed E-state index contributed by atoms with van der Waals surface area (Å²) in [5.41, 5.74) is 0.821. The molecule has 1 aromatic carbocycles. The Kier molecular flexibility index (Phi) is 8.80. The van der Waals surface area contributed by atoms with Crippen LogP contribution in [0.15, 0.2) is 27.7 Å². The number of rotatable bonds is 6. The molecular formula is C18H28IN5O3. The lowest BCUT2D eigenvalue weighted by Gasteiger charge is -2.14. The van der Waals surface area contributed by atoms with E-state index in [4.69, 9.17) is 14.0 Å². The molecule has 0 aliphatic rings. The fraction of sp³-hybridized carbons (Fsp3) is 0.500. The van der Waals surface area contributed by atoms with Crippen LogP contribution in [0.3, 0.4) is 0 Å². The second kappa shape index (κ2) is 10.3. The zero-order chi connectivity index (χ0) is 19.2. The number of hydrogen-bond acceptors (Lipinski definition) is 6. The second-order valence-electron chi connectivity index (χ2n) is 6.72. The molecule has 0 fully saturated rings. The van der Waals surface area contributed by atoms with Crippen LogP contribution in [-0.4, -0.2) is 37.4 Å². The Morgan fingerprint density at radius 1 is 1.15 bits per heavy atom. The van der Waals surface area contributed by atoms with Crippen molar-refractivity contribution >= 4 is 29.9 Å². The highest BCUT2D eigenvalue weighted by atomic mass is 127. The number of guanidine groups is 1. The number of methoxy groups -OCH3 is 2. The molecule has 9 heteroatoms. The number of nitrogens with one attached hydrogen (secondary N) is 2. The summed E-state index contributed by atoms with van der Waals surface area (Å²) in [7, 11) is 4.97. The highest BCUT2D eigenvalue weighted by molar-refractivity contribution is 14.0. The van der Waals surface area contributed by atoms with E-state index in [1.54, 1.807) is 21.3 Å². The van der Waals surface area contributed by atoms with Crippen molar-refractivity contribution in [2.45, 2.75) is 39.3 Å². The predicted molar refractivity (Wildman–Crippen MR) is 115 cm³/mol. The molecule has 0 bridgehead atoms. The zero-order valence-corrected chi connectivity index (χ0v) is 19.0. The van der Waals surface area contributed by atoms with E-state index >= 15 is 0 Å². The topological polar surface area (TPSA) is 93.8 Å². The predicted octanol–water partition coefficient (Wildman–Crippen LogP) is 2.87. The van der Waals surface area contributed by atoms with E-state index in [0.717, 1.165) is 17.1 Å². The van der Waals surface area contributed by atoms with E-state index in [1.165, 1.54) is 0 Å². The van der Waals surface area contributed by atoms with Crippen LogP contribution < -0.4 is 20.1 Å². The lowest BCUT2D eigenvalue weighted by molar-refractivity contribution is 0.318. The Morgan fingerprint density at radius 3 is 2.41 bits per heavy atom. The standard InChI is InChI=1S/C18H27N5O3.HI/c1-18(2,3)16-22-15(23-26-16)11-21-17(19-4)20-10-12-7-8-13(24-5)9-14(12)25-6;/h7-9H,10-11H2,1-6H3,(H2,19,20,21);1H. The van der Waals surface area contributed by atoms with Crippen molar-refractivity contribution in [2.24, 2.45) is 4.99 Å². The summed E-state index contributed by atoms with van der Waals surface area (Å²) in [5.74, 6) is 3.32. The maximum absolute atomic E-state index is 5.40. The van der Waals surface area contributed by atoms with E-state index in [9.17, 15) is 0 Å². The van der Waals surface area contributed by atoms with Gasteiger partial charge < -0.3 is 24.6 Å². The van der Waals surface area contributed by atoms with Gasteiger partial charge in [0.25, 0.3) is 0 Å². The van der Waals surface area contributed by atoms with Crippen LogP contribution in [0.25, 0.3) is 0 Å². The molecule has 8 nitrogen and oxygen atoms in total. The molecule has 0 saturated carbocycles. The summed E-state index contributed by atoms with van der Waals surface area (Å²) in [6.07, 6.45) is 0. The van der Waals surface area contributed by atoms with Crippen molar-refractivity contribution in [3.05, 3.63) is 35.5 Å². The molecule has 0 spiro atoms. The molecule has 1 heterocycles. The average Bonchev–Trinajstić information content (AvgIpc) is 3.11. The van der Waals surface area contributed by atoms with E-state index in [-0.39, 0.29) is 29.4 Å². The van der Waals surface area contributed by atoms with Gasteiger partial charge in [0.15, 0.2) is 11.8 Å². The third kappa shape index (κ3) is 6.56. The van der Waals surface area contributed by atoms with Crippen LogP contribution in [-0.2, 0) is 18.5 Å². The first-order chi connectivity index (χ1) is 12.4. The molecule has 27 heavy (non-hydrogen) atoms. The first kappa shape index (κ1) is 23.0. The molecule has 150 valence electrons. The highest BCUT2D eigenvalue weighted by Gasteiger charge is 2.21. The molecular weight excluding hydrogens is 461 g/mol. The van der Waals surface area contributed by atoms with Crippen molar-refractivity contribution in [3.63, 3.8) is 0 Å². The normalized spacial score (nSPS) is 11.6. The number of benzene rings is 1. The van der Waals surface area contributed by atoms with Crippen molar-refractivity contribution in [1.82, 2.24) is 20.8 Å². The van der Waals surface area contributed by atoms with E-state index < -0.39 is 0 Å². The van der Waals surface area contributed by atoms with Gasteiger partial charge in [-0.05, 0) is 12.1 Å². The summed E-state index contributed by atoms with van der Waals surface area (Å²) >= 11 is 0. The van der Waals surface area contributed by atoms with Crippen LogP contribution in [0.5, 0.6) is 11.5 Å². The van der Waals surface area contributed by atoms with Crippen molar-refractivity contribution < 1.29 is 14.0 Å². The molecule has 0 aliphatic heterocycles. The molecule has 0 unspecified atom stereocenters. The average molecular weight is 489 g/mol. The molecule has 0 amide bonds. The van der Waals surface area contributed by atoms with E-state index in [1.807, 2.05) is 39.0 Å². The molecule has 0 saturated heterocycles. The van der Waals surface area contributed by atoms with Crippen LogP contribution in [0.2, 0.25) is 0 Å². The minimum atomic E-state index is -0.171. The number of hydrogen-bond donors (Lipinski definition) is 2. The molecule has 0 atom stereocenters. The minimum absolute atomic E-state index is 0. The fourth-order valence-electron chi connectivity index (χ4n) is 2.19. The summed E-state index contributed by atoms with van der Waals surface area (Å²) in [5, 5.41) is 10.4. The SMILES string of the molecule is CN=C(NCc1noc(C(C)(C)C)n1)NCc1ccc(OC)cc1OC.I. The molecule has 2 N–H and O–H groups in total. The number of aromatic nitrogens is 2.